The van der Waals surface area contributed by atoms with Crippen LogP contribution < -0.4 is 5.32 Å². The summed E-state index contributed by atoms with van der Waals surface area (Å²) in [5, 5.41) is 7.26. The molecule has 0 unspecified atom stereocenters. The summed E-state index contributed by atoms with van der Waals surface area (Å²) in [6.07, 6.45) is 2.75. The van der Waals surface area contributed by atoms with E-state index in [0.717, 1.165) is 6.54 Å². The average molecular weight is 262 g/mol. The number of ether oxygens (including phenoxy) is 1. The van der Waals surface area contributed by atoms with Gasteiger partial charge in [0.2, 0.25) is 0 Å². The minimum absolute atomic E-state index is 0.0763. The van der Waals surface area contributed by atoms with Gasteiger partial charge in [0.15, 0.2) is 5.82 Å². The predicted octanol–water partition coefficient (Wildman–Crippen LogP) is -0.941. The standard InChI is InChI=1S/C9H18N4O3S/c1-16-5-3-10-7-9-11-8-13(12-9)4-6-17(2,14)15/h8,10H,3-7H2,1-2H3. The number of nitrogens with zero attached hydrogens (tertiary/aromatic N) is 3. The summed E-state index contributed by atoms with van der Waals surface area (Å²) in [6, 6.07) is 0. The third-order valence-corrected chi connectivity index (χ3v) is 2.97. The Bertz CT molecular complexity index is 429. The molecule has 0 aromatic carbocycles. The highest BCUT2D eigenvalue weighted by Gasteiger charge is 2.05. The van der Waals surface area contributed by atoms with Gasteiger partial charge in [-0.15, -0.1) is 0 Å². The lowest BCUT2D eigenvalue weighted by Gasteiger charge is -2.00. The zero-order valence-corrected chi connectivity index (χ0v) is 10.9. The summed E-state index contributed by atoms with van der Waals surface area (Å²) in [5.74, 6) is 0.724. The third kappa shape index (κ3) is 6.35. The minimum atomic E-state index is -2.96. The molecule has 0 fully saturated rings. The van der Waals surface area contributed by atoms with Crippen LogP contribution in [0.5, 0.6) is 0 Å². The lowest BCUT2D eigenvalue weighted by Crippen LogP contribution is -2.19. The molecule has 0 radical (unpaired) electrons. The maximum absolute atomic E-state index is 11.0. The fraction of sp³-hybridized carbons (Fsp3) is 0.778. The van der Waals surface area contributed by atoms with Crippen LogP contribution >= 0.6 is 0 Å². The molecule has 7 nitrogen and oxygen atoms in total. The number of rotatable bonds is 8. The van der Waals surface area contributed by atoms with E-state index in [1.165, 1.54) is 10.9 Å². The number of hydrogen-bond acceptors (Lipinski definition) is 6. The van der Waals surface area contributed by atoms with E-state index in [1.807, 2.05) is 0 Å². The lowest BCUT2D eigenvalue weighted by atomic mass is 10.5. The van der Waals surface area contributed by atoms with Gasteiger partial charge < -0.3 is 10.1 Å². The van der Waals surface area contributed by atoms with E-state index in [1.54, 1.807) is 13.4 Å². The van der Waals surface area contributed by atoms with E-state index in [-0.39, 0.29) is 5.75 Å². The lowest BCUT2D eigenvalue weighted by molar-refractivity contribution is 0.199. The maximum atomic E-state index is 11.0. The second kappa shape index (κ2) is 6.67. The van der Waals surface area contributed by atoms with Crippen molar-refractivity contribution in [3.05, 3.63) is 12.2 Å². The largest absolute Gasteiger partial charge is 0.383 e. The molecule has 0 spiro atoms. The molecular weight excluding hydrogens is 244 g/mol. The molecule has 1 heterocycles. The normalized spacial score (nSPS) is 11.9. The molecule has 17 heavy (non-hydrogen) atoms. The second-order valence-electron chi connectivity index (χ2n) is 3.72. The van der Waals surface area contributed by atoms with Gasteiger partial charge >= 0.3 is 0 Å². The summed E-state index contributed by atoms with van der Waals surface area (Å²) in [6.45, 7) is 2.25. The highest BCUT2D eigenvalue weighted by molar-refractivity contribution is 7.90. The Hall–Kier alpha value is -0.990. The van der Waals surface area contributed by atoms with Gasteiger partial charge in [-0.1, -0.05) is 0 Å². The van der Waals surface area contributed by atoms with Crippen LogP contribution in [0.15, 0.2) is 6.33 Å². The number of aromatic nitrogens is 3. The van der Waals surface area contributed by atoms with Crippen molar-refractivity contribution in [2.75, 3.05) is 32.3 Å². The van der Waals surface area contributed by atoms with Crippen molar-refractivity contribution in [2.45, 2.75) is 13.1 Å². The first-order valence-corrected chi connectivity index (χ1v) is 7.33. The second-order valence-corrected chi connectivity index (χ2v) is 5.98. The molecule has 0 amide bonds. The molecule has 0 atom stereocenters. The van der Waals surface area contributed by atoms with Crippen molar-refractivity contribution in [1.82, 2.24) is 20.1 Å². The predicted molar refractivity (Wildman–Crippen MR) is 63.3 cm³/mol. The first-order chi connectivity index (χ1) is 8.01. The van der Waals surface area contributed by atoms with E-state index in [0.29, 0.717) is 25.5 Å². The van der Waals surface area contributed by atoms with Crippen LogP contribution in [0.3, 0.4) is 0 Å². The highest BCUT2D eigenvalue weighted by atomic mass is 32.2. The van der Waals surface area contributed by atoms with Crippen molar-refractivity contribution in [1.29, 1.82) is 0 Å². The van der Waals surface area contributed by atoms with Crippen molar-refractivity contribution in [3.63, 3.8) is 0 Å². The first-order valence-electron chi connectivity index (χ1n) is 5.27. The molecule has 1 N–H and O–H groups in total. The molecule has 0 aliphatic carbocycles. The fourth-order valence-corrected chi connectivity index (χ4v) is 1.67. The topological polar surface area (TPSA) is 86.1 Å². The van der Waals surface area contributed by atoms with Crippen LogP contribution in [0.2, 0.25) is 0 Å². The van der Waals surface area contributed by atoms with Crippen molar-refractivity contribution < 1.29 is 13.2 Å². The van der Waals surface area contributed by atoms with Gasteiger partial charge in [0, 0.05) is 19.9 Å². The summed E-state index contributed by atoms with van der Waals surface area (Å²) in [5.41, 5.74) is 0. The van der Waals surface area contributed by atoms with Crippen molar-refractivity contribution in [2.24, 2.45) is 0 Å². The quantitative estimate of drug-likeness (QED) is 0.608. The first kappa shape index (κ1) is 14.1. The molecule has 1 aromatic rings. The molecule has 0 aliphatic heterocycles. The fourth-order valence-electron chi connectivity index (χ4n) is 1.16. The minimum Gasteiger partial charge on any atom is -0.383 e. The van der Waals surface area contributed by atoms with Crippen LogP contribution in [0.25, 0.3) is 0 Å². The van der Waals surface area contributed by atoms with Gasteiger partial charge in [-0.3, -0.25) is 4.68 Å². The van der Waals surface area contributed by atoms with E-state index in [9.17, 15) is 8.42 Å². The van der Waals surface area contributed by atoms with E-state index in [4.69, 9.17) is 4.74 Å². The smallest absolute Gasteiger partial charge is 0.164 e. The number of nitrogens with one attached hydrogen (secondary N) is 1. The zero-order chi connectivity index (χ0) is 12.7. The van der Waals surface area contributed by atoms with Gasteiger partial charge in [0.25, 0.3) is 0 Å². The summed E-state index contributed by atoms with van der Waals surface area (Å²) in [4.78, 5) is 4.07. The van der Waals surface area contributed by atoms with Crippen LogP contribution in [0, 0.1) is 0 Å². The van der Waals surface area contributed by atoms with Crippen LogP contribution in [0.1, 0.15) is 5.82 Å². The van der Waals surface area contributed by atoms with Gasteiger partial charge in [-0.05, 0) is 0 Å². The van der Waals surface area contributed by atoms with E-state index < -0.39 is 9.84 Å². The molecule has 0 saturated carbocycles. The highest BCUT2D eigenvalue weighted by Crippen LogP contribution is 1.92. The number of sulfone groups is 1. The van der Waals surface area contributed by atoms with Crippen LogP contribution in [0.4, 0.5) is 0 Å². The number of aryl methyl sites for hydroxylation is 1. The molecule has 0 aliphatic rings. The Morgan fingerprint density at radius 1 is 1.53 bits per heavy atom. The summed E-state index contributed by atoms with van der Waals surface area (Å²) >= 11 is 0. The molecule has 0 bridgehead atoms. The Kier molecular flexibility index (Phi) is 5.52. The van der Waals surface area contributed by atoms with E-state index in [2.05, 4.69) is 15.4 Å². The Labute approximate surface area is 101 Å². The van der Waals surface area contributed by atoms with Gasteiger partial charge in [0.05, 0.1) is 25.4 Å². The van der Waals surface area contributed by atoms with Gasteiger partial charge in [0.1, 0.15) is 16.2 Å². The third-order valence-electron chi connectivity index (χ3n) is 2.04. The van der Waals surface area contributed by atoms with Crippen LogP contribution in [-0.4, -0.2) is 55.5 Å². The monoisotopic (exact) mass is 262 g/mol. The maximum Gasteiger partial charge on any atom is 0.164 e. The van der Waals surface area contributed by atoms with E-state index >= 15 is 0 Å². The molecule has 98 valence electrons. The molecule has 1 aromatic heterocycles. The van der Waals surface area contributed by atoms with Crippen molar-refractivity contribution in [3.8, 4) is 0 Å². The summed E-state index contributed by atoms with van der Waals surface area (Å²) in [7, 11) is -1.32. The number of methoxy groups -OCH3 is 1. The Morgan fingerprint density at radius 2 is 2.29 bits per heavy atom. The molecular formula is C9H18N4O3S. The molecule has 8 heteroatoms. The summed E-state index contributed by atoms with van der Waals surface area (Å²) < 4.78 is 28.4. The molecule has 0 saturated heterocycles. The SMILES string of the molecule is COCCNCc1ncn(CCS(C)(=O)=O)n1. The van der Waals surface area contributed by atoms with Crippen LogP contribution in [-0.2, 0) is 27.7 Å². The Morgan fingerprint density at radius 3 is 2.94 bits per heavy atom. The van der Waals surface area contributed by atoms with Gasteiger partial charge in [-0.2, -0.15) is 5.10 Å². The molecule has 1 rings (SSSR count). The number of hydrogen-bond donors (Lipinski definition) is 1. The van der Waals surface area contributed by atoms with Gasteiger partial charge in [-0.25, -0.2) is 13.4 Å². The van der Waals surface area contributed by atoms with Crippen molar-refractivity contribution >= 4 is 9.84 Å². The average Bonchev–Trinajstić information content (AvgIpc) is 2.69. The zero-order valence-electron chi connectivity index (χ0n) is 10.1. The Balaban J connectivity index is 2.32.